The molecule has 1 aromatic heterocycles. The third kappa shape index (κ3) is 5.26. The largest absolute Gasteiger partial charge is 0.497 e. The van der Waals surface area contributed by atoms with Crippen molar-refractivity contribution in [2.45, 2.75) is 17.9 Å². The molecule has 2 aromatic carbocycles. The van der Waals surface area contributed by atoms with E-state index in [1.807, 2.05) is 59.5 Å². The molecule has 1 amide bonds. The van der Waals surface area contributed by atoms with Gasteiger partial charge in [0.05, 0.1) is 18.9 Å². The van der Waals surface area contributed by atoms with Crippen molar-refractivity contribution in [1.82, 2.24) is 19.9 Å². The van der Waals surface area contributed by atoms with E-state index in [4.69, 9.17) is 9.26 Å². The van der Waals surface area contributed by atoms with Crippen molar-refractivity contribution in [2.75, 3.05) is 39.0 Å². The lowest BCUT2D eigenvalue weighted by atomic mass is 10.2. The number of hydrogen-bond acceptors (Lipinski definition) is 7. The first kappa shape index (κ1) is 21.4. The number of hydrogen-bond donors (Lipinski definition) is 0. The molecule has 0 N–H and O–H groups in total. The Balaban J connectivity index is 1.27. The summed E-state index contributed by atoms with van der Waals surface area (Å²) in [6, 6.07) is 17.6. The predicted octanol–water partition coefficient (Wildman–Crippen LogP) is 3.74. The van der Waals surface area contributed by atoms with Crippen molar-refractivity contribution in [3.8, 4) is 17.1 Å². The van der Waals surface area contributed by atoms with Crippen LogP contribution in [-0.4, -0.2) is 64.9 Å². The van der Waals surface area contributed by atoms with Crippen molar-refractivity contribution in [3.63, 3.8) is 0 Å². The van der Waals surface area contributed by atoms with Gasteiger partial charge in [-0.15, -0.1) is 11.8 Å². The van der Waals surface area contributed by atoms with E-state index in [-0.39, 0.29) is 11.9 Å². The molecule has 0 saturated carbocycles. The van der Waals surface area contributed by atoms with Crippen LogP contribution in [0, 0.1) is 0 Å². The number of benzene rings is 2. The van der Waals surface area contributed by atoms with Crippen LogP contribution in [0.3, 0.4) is 0 Å². The molecule has 0 aliphatic carbocycles. The Morgan fingerprint density at radius 3 is 2.48 bits per heavy atom. The Morgan fingerprint density at radius 2 is 1.81 bits per heavy atom. The fraction of sp³-hybridized carbons (Fsp3) is 0.348. The summed E-state index contributed by atoms with van der Waals surface area (Å²) in [5.41, 5.74) is 0.939. The highest BCUT2D eigenvalue weighted by molar-refractivity contribution is 8.00. The van der Waals surface area contributed by atoms with E-state index in [1.54, 1.807) is 18.9 Å². The highest BCUT2D eigenvalue weighted by Crippen LogP contribution is 2.25. The van der Waals surface area contributed by atoms with Crippen LogP contribution >= 0.6 is 11.8 Å². The summed E-state index contributed by atoms with van der Waals surface area (Å²) in [5.74, 6) is 2.63. The van der Waals surface area contributed by atoms with Crippen LogP contribution in [0.4, 0.5) is 0 Å². The van der Waals surface area contributed by atoms with Gasteiger partial charge in [0.2, 0.25) is 17.6 Å². The Kier molecular flexibility index (Phi) is 6.89. The smallest absolute Gasteiger partial charge is 0.244 e. The summed E-state index contributed by atoms with van der Waals surface area (Å²) in [6.07, 6.45) is 0. The lowest BCUT2D eigenvalue weighted by Crippen LogP contribution is -2.49. The minimum absolute atomic E-state index is 0.0101. The monoisotopic (exact) mass is 438 g/mol. The van der Waals surface area contributed by atoms with Gasteiger partial charge >= 0.3 is 0 Å². The summed E-state index contributed by atoms with van der Waals surface area (Å²) < 4.78 is 10.7. The van der Waals surface area contributed by atoms with E-state index < -0.39 is 0 Å². The van der Waals surface area contributed by atoms with Gasteiger partial charge in [-0.3, -0.25) is 9.69 Å². The lowest BCUT2D eigenvalue weighted by molar-refractivity contribution is -0.130. The molecule has 0 spiro atoms. The number of carbonyl (C=O) groups is 1. The zero-order chi connectivity index (χ0) is 21.6. The van der Waals surface area contributed by atoms with E-state index in [1.165, 1.54) is 0 Å². The van der Waals surface area contributed by atoms with Crippen LogP contribution in [0.15, 0.2) is 64.0 Å². The summed E-state index contributed by atoms with van der Waals surface area (Å²) in [6.45, 7) is 5.03. The van der Waals surface area contributed by atoms with Crippen molar-refractivity contribution < 1.29 is 14.1 Å². The van der Waals surface area contributed by atoms with Crippen molar-refractivity contribution >= 4 is 17.7 Å². The van der Waals surface area contributed by atoms with Gasteiger partial charge in [-0.05, 0) is 31.2 Å². The van der Waals surface area contributed by atoms with E-state index in [0.29, 0.717) is 30.6 Å². The fourth-order valence-electron chi connectivity index (χ4n) is 3.53. The second-order valence-corrected chi connectivity index (χ2v) is 8.43. The van der Waals surface area contributed by atoms with Crippen molar-refractivity contribution in [2.24, 2.45) is 0 Å². The molecule has 7 nitrogen and oxygen atoms in total. The number of amides is 1. The molecule has 162 valence electrons. The summed E-state index contributed by atoms with van der Waals surface area (Å²) in [4.78, 5) is 22.5. The van der Waals surface area contributed by atoms with Crippen LogP contribution < -0.4 is 4.74 Å². The quantitative estimate of drug-likeness (QED) is 0.520. The predicted molar refractivity (Wildman–Crippen MR) is 120 cm³/mol. The first-order valence-corrected chi connectivity index (χ1v) is 11.3. The number of nitrogens with zero attached hydrogens (tertiary/aromatic N) is 4. The molecule has 1 unspecified atom stereocenters. The summed E-state index contributed by atoms with van der Waals surface area (Å²) in [7, 11) is 1.65. The van der Waals surface area contributed by atoms with E-state index in [9.17, 15) is 4.79 Å². The van der Waals surface area contributed by atoms with Crippen molar-refractivity contribution in [3.05, 3.63) is 60.5 Å². The van der Waals surface area contributed by atoms with Gasteiger partial charge in [0.1, 0.15) is 5.75 Å². The molecule has 1 aliphatic heterocycles. The average Bonchev–Trinajstić information content (AvgIpc) is 3.33. The number of methoxy groups -OCH3 is 1. The van der Waals surface area contributed by atoms with Gasteiger partial charge < -0.3 is 14.2 Å². The van der Waals surface area contributed by atoms with Gasteiger partial charge in [-0.2, -0.15) is 4.98 Å². The molecular formula is C23H26N4O3S. The van der Waals surface area contributed by atoms with Crippen molar-refractivity contribution in [1.29, 1.82) is 0 Å². The standard InChI is InChI=1S/C23H26N4O3S/c1-17(23-24-22(25-30-23)18-6-4-3-5-7-18)26-12-14-27(15-13-26)21(28)16-31-20-10-8-19(29-2)9-11-20/h3-11,17H,12-16H2,1-2H3. The maximum absolute atomic E-state index is 12.6. The fourth-order valence-corrected chi connectivity index (χ4v) is 4.33. The zero-order valence-corrected chi connectivity index (χ0v) is 18.5. The van der Waals surface area contributed by atoms with Crippen LogP contribution in [0.2, 0.25) is 0 Å². The second-order valence-electron chi connectivity index (χ2n) is 7.38. The molecule has 1 aliphatic rings. The van der Waals surface area contributed by atoms with Crippen LogP contribution in [0.25, 0.3) is 11.4 Å². The third-order valence-electron chi connectivity index (χ3n) is 5.47. The Labute approximate surface area is 186 Å². The first-order valence-electron chi connectivity index (χ1n) is 10.3. The number of carbonyl (C=O) groups excluding carboxylic acids is 1. The second kappa shape index (κ2) is 9.98. The van der Waals surface area contributed by atoms with E-state index >= 15 is 0 Å². The minimum atomic E-state index is 0.0101. The molecule has 1 atom stereocenters. The molecule has 2 heterocycles. The van der Waals surface area contributed by atoms with Crippen LogP contribution in [0.1, 0.15) is 18.9 Å². The maximum Gasteiger partial charge on any atom is 0.244 e. The highest BCUT2D eigenvalue weighted by Gasteiger charge is 2.27. The van der Waals surface area contributed by atoms with Gasteiger partial charge in [-0.1, -0.05) is 35.5 Å². The number of piperazine rings is 1. The number of thioether (sulfide) groups is 1. The SMILES string of the molecule is COc1ccc(SCC(=O)N2CCN(C(C)c3nc(-c4ccccc4)no3)CC2)cc1. The van der Waals surface area contributed by atoms with Gasteiger partial charge in [0.15, 0.2) is 0 Å². The summed E-state index contributed by atoms with van der Waals surface area (Å²) in [5, 5.41) is 4.12. The molecule has 0 bridgehead atoms. The molecule has 8 heteroatoms. The third-order valence-corrected chi connectivity index (χ3v) is 6.46. The molecule has 1 fully saturated rings. The van der Waals surface area contributed by atoms with E-state index in [2.05, 4.69) is 22.0 Å². The molecule has 4 rings (SSSR count). The normalized spacial score (nSPS) is 15.6. The topological polar surface area (TPSA) is 71.7 Å². The Morgan fingerprint density at radius 1 is 1.10 bits per heavy atom. The Hall–Kier alpha value is -2.84. The number of ether oxygens (including phenoxy) is 1. The lowest BCUT2D eigenvalue weighted by Gasteiger charge is -2.36. The molecule has 1 saturated heterocycles. The molecule has 3 aromatic rings. The zero-order valence-electron chi connectivity index (χ0n) is 17.7. The van der Waals surface area contributed by atoms with E-state index in [0.717, 1.165) is 29.3 Å². The minimum Gasteiger partial charge on any atom is -0.497 e. The van der Waals surface area contributed by atoms with Crippen LogP contribution in [-0.2, 0) is 4.79 Å². The number of rotatable bonds is 7. The number of aromatic nitrogens is 2. The average molecular weight is 439 g/mol. The maximum atomic E-state index is 12.6. The molecule has 0 radical (unpaired) electrons. The first-order chi connectivity index (χ1) is 15.1. The summed E-state index contributed by atoms with van der Waals surface area (Å²) >= 11 is 1.55. The van der Waals surface area contributed by atoms with Crippen LogP contribution in [0.5, 0.6) is 5.75 Å². The van der Waals surface area contributed by atoms with Gasteiger partial charge in [0, 0.05) is 36.6 Å². The Bertz CT molecular complexity index is 986. The van der Waals surface area contributed by atoms with Gasteiger partial charge in [0.25, 0.3) is 0 Å². The molecule has 31 heavy (non-hydrogen) atoms. The molecular weight excluding hydrogens is 412 g/mol. The highest BCUT2D eigenvalue weighted by atomic mass is 32.2. The van der Waals surface area contributed by atoms with Gasteiger partial charge in [-0.25, -0.2) is 0 Å².